The van der Waals surface area contributed by atoms with Gasteiger partial charge in [-0.05, 0) is 47.9 Å². The molecule has 8 heteroatoms. The number of aryl methyl sites for hydroxylation is 1. The zero-order valence-corrected chi connectivity index (χ0v) is 15.4. The molecule has 0 saturated carbocycles. The summed E-state index contributed by atoms with van der Waals surface area (Å²) in [4.78, 5) is 11.7. The van der Waals surface area contributed by atoms with Gasteiger partial charge in [-0.1, -0.05) is 58.5 Å². The van der Waals surface area contributed by atoms with Gasteiger partial charge in [0.1, 0.15) is 12.4 Å². The minimum absolute atomic E-state index is 0.0510. The molecule has 2 aromatic rings. The second-order valence-corrected chi connectivity index (χ2v) is 7.93. The molecule has 0 atom stereocenters. The predicted octanol–water partition coefficient (Wildman–Crippen LogP) is 6.37. The maximum Gasteiger partial charge on any atom is 0.411 e. The summed E-state index contributed by atoms with van der Waals surface area (Å²) in [5.41, 5.74) is 2.15. The Morgan fingerprint density at radius 1 is 1.25 bits per heavy atom. The van der Waals surface area contributed by atoms with Gasteiger partial charge in [0.25, 0.3) is 0 Å². The molecule has 2 rings (SSSR count). The van der Waals surface area contributed by atoms with Crippen molar-refractivity contribution in [3.63, 3.8) is 0 Å². The molecule has 0 spiro atoms. The van der Waals surface area contributed by atoms with Crippen molar-refractivity contribution < 1.29 is 13.9 Å². The maximum atomic E-state index is 14.1. The Balaban J connectivity index is 2.25. The third-order valence-corrected chi connectivity index (χ3v) is 3.62. The fraction of sp³-hybridized carbons (Fsp3) is 0.188. The van der Waals surface area contributed by atoms with Gasteiger partial charge in [-0.25, -0.2) is 9.18 Å². The normalized spacial score (nSPS) is 11.2. The molecule has 0 bridgehead atoms. The molecule has 1 N–H and O–H groups in total. The number of ether oxygens (including phenoxy) is 1. The molecule has 2 aromatic carbocycles. The number of nitrogens with one attached hydrogen (secondary N) is 1. The molecular weight excluding hydrogens is 399 g/mol. The number of alkyl halides is 3. The Morgan fingerprint density at radius 3 is 2.58 bits per heavy atom. The van der Waals surface area contributed by atoms with E-state index in [0.717, 1.165) is 11.1 Å². The Bertz CT molecular complexity index is 762. The third kappa shape index (κ3) is 5.42. The summed E-state index contributed by atoms with van der Waals surface area (Å²) in [6.07, 6.45) is -0.930. The van der Waals surface area contributed by atoms with Crippen LogP contribution < -0.4 is 5.32 Å². The van der Waals surface area contributed by atoms with Gasteiger partial charge < -0.3 is 4.74 Å². The maximum absolute atomic E-state index is 14.1. The van der Waals surface area contributed by atoms with Crippen LogP contribution in [0.25, 0.3) is 11.1 Å². The number of carbonyl (C=O) groups excluding carboxylic acids is 1. The molecule has 0 fully saturated rings. The molecule has 24 heavy (non-hydrogen) atoms. The Hall–Kier alpha value is -1.20. The molecule has 0 radical (unpaired) electrons. The average molecular weight is 411 g/mol. The topological polar surface area (TPSA) is 38.3 Å². The zero-order chi connectivity index (χ0) is 17.9. The van der Waals surface area contributed by atoms with E-state index in [9.17, 15) is 9.18 Å². The van der Waals surface area contributed by atoms with Crippen LogP contribution in [0.15, 0.2) is 36.4 Å². The summed E-state index contributed by atoms with van der Waals surface area (Å²) in [5, 5.41) is 2.84. The number of hydrogen-bond donors (Lipinski definition) is 1. The molecule has 128 valence electrons. The lowest BCUT2D eigenvalue weighted by Crippen LogP contribution is -2.21. The number of hydrogen-bond acceptors (Lipinski definition) is 2. The standard InChI is InChI=1S/C16H12Cl4FNO2/c1-9-5-13(21)14(22-15(23)24-8-16(18,19)20)7-12(9)10-3-2-4-11(17)6-10/h2-7H,8H2,1H3,(H,22,23). The van der Waals surface area contributed by atoms with E-state index in [-0.39, 0.29) is 5.69 Å². The largest absolute Gasteiger partial charge is 0.445 e. The summed E-state index contributed by atoms with van der Waals surface area (Å²) >= 11 is 22.5. The van der Waals surface area contributed by atoms with Gasteiger partial charge in [-0.2, -0.15) is 0 Å². The van der Waals surface area contributed by atoms with Crippen molar-refractivity contribution >= 4 is 58.2 Å². The fourth-order valence-corrected chi connectivity index (χ4v) is 2.38. The van der Waals surface area contributed by atoms with Crippen molar-refractivity contribution in [2.45, 2.75) is 10.7 Å². The van der Waals surface area contributed by atoms with Crippen LogP contribution in [0.5, 0.6) is 0 Å². The Kier molecular flexibility index (Phi) is 6.21. The Labute approximate surface area is 158 Å². The molecule has 0 saturated heterocycles. The lowest BCUT2D eigenvalue weighted by molar-refractivity contribution is 0.164. The first-order valence-electron chi connectivity index (χ1n) is 6.72. The van der Waals surface area contributed by atoms with Crippen molar-refractivity contribution in [1.29, 1.82) is 0 Å². The Morgan fingerprint density at radius 2 is 1.96 bits per heavy atom. The zero-order valence-electron chi connectivity index (χ0n) is 12.4. The van der Waals surface area contributed by atoms with Gasteiger partial charge in [-0.3, -0.25) is 5.32 Å². The number of amides is 1. The second kappa shape index (κ2) is 7.79. The number of rotatable bonds is 3. The molecular formula is C16H12Cl4FNO2. The highest BCUT2D eigenvalue weighted by molar-refractivity contribution is 6.67. The molecule has 0 aliphatic heterocycles. The van der Waals surface area contributed by atoms with Gasteiger partial charge in [0.05, 0.1) is 5.69 Å². The molecule has 0 heterocycles. The first kappa shape index (κ1) is 19.1. The summed E-state index contributed by atoms with van der Waals surface area (Å²) in [6, 6.07) is 9.89. The predicted molar refractivity (Wildman–Crippen MR) is 96.8 cm³/mol. The van der Waals surface area contributed by atoms with Crippen LogP contribution in [-0.4, -0.2) is 16.5 Å². The van der Waals surface area contributed by atoms with Gasteiger partial charge in [0.15, 0.2) is 0 Å². The number of halogens is 5. The number of carbonyl (C=O) groups is 1. The van der Waals surface area contributed by atoms with Gasteiger partial charge >= 0.3 is 6.09 Å². The van der Waals surface area contributed by atoms with Gasteiger partial charge in [-0.15, -0.1) is 0 Å². The van der Waals surface area contributed by atoms with E-state index in [1.54, 1.807) is 25.1 Å². The van der Waals surface area contributed by atoms with E-state index in [4.69, 9.17) is 51.1 Å². The van der Waals surface area contributed by atoms with Crippen molar-refractivity contribution in [2.24, 2.45) is 0 Å². The van der Waals surface area contributed by atoms with Crippen molar-refractivity contribution in [1.82, 2.24) is 0 Å². The summed E-state index contributed by atoms with van der Waals surface area (Å²) in [6.45, 7) is 1.29. The SMILES string of the molecule is Cc1cc(F)c(NC(=O)OCC(Cl)(Cl)Cl)cc1-c1cccc(Cl)c1. The fourth-order valence-electron chi connectivity index (χ4n) is 2.03. The van der Waals surface area contributed by atoms with Crippen LogP contribution in [0.4, 0.5) is 14.9 Å². The van der Waals surface area contributed by atoms with Crippen LogP contribution in [0.1, 0.15) is 5.56 Å². The lowest BCUT2D eigenvalue weighted by atomic mass is 9.99. The van der Waals surface area contributed by atoms with Crippen LogP contribution in [0.2, 0.25) is 5.02 Å². The van der Waals surface area contributed by atoms with Crippen LogP contribution in [-0.2, 0) is 4.74 Å². The summed E-state index contributed by atoms with van der Waals surface area (Å²) in [5.74, 6) is -0.607. The highest BCUT2D eigenvalue weighted by Crippen LogP contribution is 2.31. The first-order valence-corrected chi connectivity index (χ1v) is 8.23. The smallest absolute Gasteiger partial charge is 0.411 e. The van der Waals surface area contributed by atoms with E-state index in [1.807, 2.05) is 6.07 Å². The minimum Gasteiger partial charge on any atom is -0.445 e. The van der Waals surface area contributed by atoms with E-state index in [2.05, 4.69) is 5.32 Å². The van der Waals surface area contributed by atoms with E-state index >= 15 is 0 Å². The van der Waals surface area contributed by atoms with E-state index < -0.39 is 22.3 Å². The van der Waals surface area contributed by atoms with Crippen molar-refractivity contribution in [2.75, 3.05) is 11.9 Å². The van der Waals surface area contributed by atoms with Gasteiger partial charge in [0.2, 0.25) is 3.79 Å². The number of benzene rings is 2. The lowest BCUT2D eigenvalue weighted by Gasteiger charge is -2.14. The number of anilines is 1. The molecule has 3 nitrogen and oxygen atoms in total. The molecule has 0 unspecified atom stereocenters. The van der Waals surface area contributed by atoms with Crippen LogP contribution in [0.3, 0.4) is 0 Å². The van der Waals surface area contributed by atoms with Crippen molar-refractivity contribution in [3.8, 4) is 11.1 Å². The monoisotopic (exact) mass is 409 g/mol. The van der Waals surface area contributed by atoms with Crippen LogP contribution >= 0.6 is 46.4 Å². The molecule has 0 aromatic heterocycles. The highest BCUT2D eigenvalue weighted by Gasteiger charge is 2.22. The first-order chi connectivity index (χ1) is 11.2. The molecule has 1 amide bonds. The summed E-state index contributed by atoms with van der Waals surface area (Å²) in [7, 11) is 0. The molecule has 0 aliphatic carbocycles. The minimum atomic E-state index is -1.74. The molecule has 0 aliphatic rings. The van der Waals surface area contributed by atoms with Crippen LogP contribution in [0, 0.1) is 12.7 Å². The highest BCUT2D eigenvalue weighted by atomic mass is 35.6. The van der Waals surface area contributed by atoms with E-state index in [1.165, 1.54) is 12.1 Å². The quantitative estimate of drug-likeness (QED) is 0.596. The van der Waals surface area contributed by atoms with Crippen molar-refractivity contribution in [3.05, 3.63) is 52.8 Å². The third-order valence-electron chi connectivity index (χ3n) is 3.05. The van der Waals surface area contributed by atoms with E-state index in [0.29, 0.717) is 10.6 Å². The average Bonchev–Trinajstić information content (AvgIpc) is 2.47. The second-order valence-electron chi connectivity index (χ2n) is 4.97. The summed E-state index contributed by atoms with van der Waals surface area (Å²) < 4.78 is 17.1. The van der Waals surface area contributed by atoms with Gasteiger partial charge in [0, 0.05) is 5.02 Å².